The lowest BCUT2D eigenvalue weighted by Gasteiger charge is -2.15. The van der Waals surface area contributed by atoms with Crippen molar-refractivity contribution in [1.82, 2.24) is 9.62 Å². The van der Waals surface area contributed by atoms with E-state index in [1.165, 1.54) is 4.31 Å². The van der Waals surface area contributed by atoms with E-state index in [9.17, 15) is 13.2 Å². The van der Waals surface area contributed by atoms with Crippen molar-refractivity contribution in [2.75, 3.05) is 19.7 Å². The van der Waals surface area contributed by atoms with Crippen LogP contribution in [0, 0.1) is 0 Å². The number of carbonyl (C=O) groups excluding carboxylic acids is 1. The molecule has 1 N–H and O–H groups in total. The first-order chi connectivity index (χ1) is 13.9. The Morgan fingerprint density at radius 2 is 1.72 bits per heavy atom. The highest BCUT2D eigenvalue weighted by Crippen LogP contribution is 2.26. The fourth-order valence-electron chi connectivity index (χ4n) is 2.97. The van der Waals surface area contributed by atoms with Gasteiger partial charge in [0.25, 0.3) is 0 Å². The zero-order valence-electron chi connectivity index (χ0n) is 15.7. The van der Waals surface area contributed by atoms with Gasteiger partial charge in [0.1, 0.15) is 5.75 Å². The first-order valence-corrected chi connectivity index (χ1v) is 11.5. The van der Waals surface area contributed by atoms with Crippen LogP contribution >= 0.6 is 23.2 Å². The molecule has 0 bridgehead atoms. The largest absolute Gasteiger partial charge is 0.493 e. The molecular formula is C20H22Cl2N2O4S. The van der Waals surface area contributed by atoms with Gasteiger partial charge in [-0.1, -0.05) is 35.3 Å². The van der Waals surface area contributed by atoms with Crippen LogP contribution in [0.2, 0.25) is 10.0 Å². The lowest BCUT2D eigenvalue weighted by molar-refractivity contribution is -0.121. The topological polar surface area (TPSA) is 75.7 Å². The number of hydrogen-bond acceptors (Lipinski definition) is 4. The molecule has 1 aliphatic rings. The average molecular weight is 457 g/mol. The Morgan fingerprint density at radius 1 is 1.03 bits per heavy atom. The van der Waals surface area contributed by atoms with Gasteiger partial charge in [-0.2, -0.15) is 4.31 Å². The molecule has 1 aliphatic heterocycles. The van der Waals surface area contributed by atoms with E-state index in [0.717, 1.165) is 18.4 Å². The zero-order chi connectivity index (χ0) is 20.9. The van der Waals surface area contributed by atoms with Gasteiger partial charge in [0.05, 0.1) is 28.0 Å². The quantitative estimate of drug-likeness (QED) is 0.653. The molecule has 156 valence electrons. The number of amides is 1. The van der Waals surface area contributed by atoms with Crippen LogP contribution in [0.15, 0.2) is 47.4 Å². The third-order valence-corrected chi connectivity index (χ3v) is 7.26. The lowest BCUT2D eigenvalue weighted by atomic mass is 10.2. The minimum Gasteiger partial charge on any atom is -0.493 e. The molecule has 0 saturated carbocycles. The Morgan fingerprint density at radius 3 is 2.38 bits per heavy atom. The summed E-state index contributed by atoms with van der Waals surface area (Å²) in [6, 6.07) is 11.5. The van der Waals surface area contributed by atoms with E-state index < -0.39 is 10.0 Å². The molecule has 6 nitrogen and oxygen atoms in total. The Kier molecular flexibility index (Phi) is 7.40. The maximum Gasteiger partial charge on any atom is 0.243 e. The Bertz CT molecular complexity index is 959. The van der Waals surface area contributed by atoms with Crippen LogP contribution in [0.4, 0.5) is 0 Å². The molecule has 0 aromatic heterocycles. The van der Waals surface area contributed by atoms with Gasteiger partial charge >= 0.3 is 0 Å². The second kappa shape index (κ2) is 9.80. The van der Waals surface area contributed by atoms with Crippen LogP contribution in [0.3, 0.4) is 0 Å². The summed E-state index contributed by atoms with van der Waals surface area (Å²) in [5.74, 6) is 0.376. The second-order valence-corrected chi connectivity index (χ2v) is 9.46. The number of sulfonamides is 1. The SMILES string of the molecule is O=C(CCOc1ccc(Cl)c(Cl)c1)NCc1ccc(S(=O)(=O)N2CCCC2)cc1. The molecule has 0 atom stereocenters. The van der Waals surface area contributed by atoms with Crippen LogP contribution in [-0.4, -0.2) is 38.3 Å². The zero-order valence-corrected chi connectivity index (χ0v) is 18.1. The number of ether oxygens (including phenoxy) is 1. The predicted molar refractivity (Wildman–Crippen MR) is 113 cm³/mol. The number of rotatable bonds is 8. The summed E-state index contributed by atoms with van der Waals surface area (Å²) in [6.45, 7) is 1.67. The van der Waals surface area contributed by atoms with E-state index in [4.69, 9.17) is 27.9 Å². The fraction of sp³-hybridized carbons (Fsp3) is 0.350. The monoisotopic (exact) mass is 456 g/mol. The average Bonchev–Trinajstić information content (AvgIpc) is 3.25. The summed E-state index contributed by atoms with van der Waals surface area (Å²) in [4.78, 5) is 12.3. The minimum absolute atomic E-state index is 0.168. The van der Waals surface area contributed by atoms with Crippen LogP contribution in [-0.2, 0) is 21.4 Å². The van der Waals surface area contributed by atoms with Gasteiger partial charge in [0, 0.05) is 25.7 Å². The number of nitrogens with zero attached hydrogens (tertiary/aromatic N) is 1. The highest BCUT2D eigenvalue weighted by molar-refractivity contribution is 7.89. The molecular weight excluding hydrogens is 435 g/mol. The van der Waals surface area contributed by atoms with Gasteiger partial charge in [0.15, 0.2) is 0 Å². The standard InChI is InChI=1S/C20H22Cl2N2O4S/c21-18-8-5-16(13-19(18)22)28-12-9-20(25)23-14-15-3-6-17(7-4-15)29(26,27)24-10-1-2-11-24/h3-8,13H,1-2,9-12,14H2,(H,23,25). The molecule has 0 spiro atoms. The molecule has 3 rings (SSSR count). The van der Waals surface area contributed by atoms with Gasteiger partial charge < -0.3 is 10.1 Å². The summed E-state index contributed by atoms with van der Waals surface area (Å²) >= 11 is 11.8. The van der Waals surface area contributed by atoms with E-state index >= 15 is 0 Å². The van der Waals surface area contributed by atoms with Crippen molar-refractivity contribution in [3.05, 3.63) is 58.1 Å². The minimum atomic E-state index is -3.42. The summed E-state index contributed by atoms with van der Waals surface area (Å²) in [6.07, 6.45) is 1.98. The summed E-state index contributed by atoms with van der Waals surface area (Å²) < 4.78 is 32.0. The van der Waals surface area contributed by atoms with Gasteiger partial charge in [0.2, 0.25) is 15.9 Å². The van der Waals surface area contributed by atoms with Crippen molar-refractivity contribution in [1.29, 1.82) is 0 Å². The Balaban J connectivity index is 1.44. The lowest BCUT2D eigenvalue weighted by Crippen LogP contribution is -2.28. The number of carbonyl (C=O) groups is 1. The van der Waals surface area contributed by atoms with E-state index in [1.807, 2.05) is 0 Å². The molecule has 2 aromatic carbocycles. The first-order valence-electron chi connectivity index (χ1n) is 9.30. The number of benzene rings is 2. The van der Waals surface area contributed by atoms with E-state index in [2.05, 4.69) is 5.32 Å². The van der Waals surface area contributed by atoms with Crippen LogP contribution in [0.5, 0.6) is 5.75 Å². The van der Waals surface area contributed by atoms with Crippen LogP contribution < -0.4 is 10.1 Å². The third kappa shape index (κ3) is 5.85. The summed E-state index contributed by atoms with van der Waals surface area (Å²) in [5, 5.41) is 3.63. The molecule has 2 aromatic rings. The van der Waals surface area contributed by atoms with Crippen LogP contribution in [0.1, 0.15) is 24.8 Å². The summed E-state index contributed by atoms with van der Waals surface area (Å²) in [7, 11) is -3.42. The molecule has 9 heteroatoms. The highest BCUT2D eigenvalue weighted by atomic mass is 35.5. The van der Waals surface area contributed by atoms with Gasteiger partial charge in [-0.25, -0.2) is 8.42 Å². The predicted octanol–water partition coefficient (Wildman–Crippen LogP) is 3.86. The number of hydrogen-bond donors (Lipinski definition) is 1. The van der Waals surface area contributed by atoms with Crippen molar-refractivity contribution >= 4 is 39.1 Å². The number of nitrogens with one attached hydrogen (secondary N) is 1. The first kappa shape index (κ1) is 21.9. The van der Waals surface area contributed by atoms with Crippen molar-refractivity contribution in [2.45, 2.75) is 30.7 Å². The molecule has 0 unspecified atom stereocenters. The van der Waals surface area contributed by atoms with Crippen molar-refractivity contribution in [2.24, 2.45) is 0 Å². The molecule has 1 amide bonds. The molecule has 29 heavy (non-hydrogen) atoms. The third-order valence-electron chi connectivity index (χ3n) is 4.60. The second-order valence-electron chi connectivity index (χ2n) is 6.71. The number of halogens is 2. The highest BCUT2D eigenvalue weighted by Gasteiger charge is 2.26. The molecule has 1 heterocycles. The maximum absolute atomic E-state index is 12.5. The van der Waals surface area contributed by atoms with Crippen molar-refractivity contribution in [3.8, 4) is 5.75 Å². The summed E-state index contributed by atoms with van der Waals surface area (Å²) in [5.41, 5.74) is 0.823. The van der Waals surface area contributed by atoms with E-state index in [1.54, 1.807) is 42.5 Å². The maximum atomic E-state index is 12.5. The van der Waals surface area contributed by atoms with Gasteiger partial charge in [-0.3, -0.25) is 4.79 Å². The molecule has 0 radical (unpaired) electrons. The normalized spacial score (nSPS) is 14.7. The fourth-order valence-corrected chi connectivity index (χ4v) is 4.78. The van der Waals surface area contributed by atoms with Crippen molar-refractivity contribution in [3.63, 3.8) is 0 Å². The Labute approximate surface area is 180 Å². The van der Waals surface area contributed by atoms with Crippen LogP contribution in [0.25, 0.3) is 0 Å². The molecule has 1 fully saturated rings. The van der Waals surface area contributed by atoms with E-state index in [-0.39, 0.29) is 23.8 Å². The van der Waals surface area contributed by atoms with Gasteiger partial charge in [-0.05, 0) is 42.7 Å². The smallest absolute Gasteiger partial charge is 0.243 e. The Hall–Kier alpha value is -1.80. The van der Waals surface area contributed by atoms with Crippen molar-refractivity contribution < 1.29 is 17.9 Å². The molecule has 0 aliphatic carbocycles. The van der Waals surface area contributed by atoms with Gasteiger partial charge in [-0.15, -0.1) is 0 Å². The van der Waals surface area contributed by atoms with E-state index in [0.29, 0.717) is 35.4 Å². The molecule has 1 saturated heterocycles.